The molecule has 1 N–H and O–H groups in total. The van der Waals surface area contributed by atoms with Gasteiger partial charge >= 0.3 is 0 Å². The van der Waals surface area contributed by atoms with Gasteiger partial charge < -0.3 is 19.0 Å². The first-order valence-electron chi connectivity index (χ1n) is 14.5. The largest absolute Gasteiger partial charge is 0.633 e. The molecule has 228 valence electrons. The first kappa shape index (κ1) is 34.6. The maximum Gasteiger partial charge on any atom is 0.229 e. The van der Waals surface area contributed by atoms with E-state index in [2.05, 4.69) is 25.5 Å². The number of hydroxylamine groups is 3. The molecular formula is C31H45ClN2O6S. The van der Waals surface area contributed by atoms with Crippen molar-refractivity contribution in [3.8, 4) is 5.75 Å². The van der Waals surface area contributed by atoms with Crippen LogP contribution >= 0.6 is 12.4 Å². The van der Waals surface area contributed by atoms with Gasteiger partial charge in [-0.3, -0.25) is 9.52 Å². The van der Waals surface area contributed by atoms with Crippen molar-refractivity contribution in [2.45, 2.75) is 72.1 Å². The van der Waals surface area contributed by atoms with Crippen LogP contribution in [0, 0.1) is 5.21 Å². The second-order valence-electron chi connectivity index (χ2n) is 10.6. The van der Waals surface area contributed by atoms with E-state index in [1.165, 1.54) is 0 Å². The van der Waals surface area contributed by atoms with Crippen molar-refractivity contribution in [3.05, 3.63) is 64.6 Å². The van der Waals surface area contributed by atoms with Crippen LogP contribution < -0.4 is 9.46 Å². The number of ketones is 1. The number of sulfonamides is 1. The number of unbranched alkanes of at least 4 members (excludes halogenated alkanes) is 3. The zero-order chi connectivity index (χ0) is 29.2. The molecule has 0 aliphatic carbocycles. The molecule has 41 heavy (non-hydrogen) atoms. The van der Waals surface area contributed by atoms with Gasteiger partial charge in [-0.15, -0.1) is 12.4 Å². The summed E-state index contributed by atoms with van der Waals surface area (Å²) in [5.41, 5.74) is 1.86. The van der Waals surface area contributed by atoms with Crippen molar-refractivity contribution >= 4 is 44.9 Å². The Morgan fingerprint density at radius 2 is 1.54 bits per heavy atom. The summed E-state index contributed by atoms with van der Waals surface area (Å²) >= 11 is 0. The summed E-state index contributed by atoms with van der Waals surface area (Å²) < 4.78 is 37.8. The smallest absolute Gasteiger partial charge is 0.229 e. The molecule has 0 bridgehead atoms. The number of furan rings is 1. The van der Waals surface area contributed by atoms with Crippen LogP contribution in [0.25, 0.3) is 11.0 Å². The highest BCUT2D eigenvalue weighted by atomic mass is 35.5. The van der Waals surface area contributed by atoms with Crippen LogP contribution in [0.2, 0.25) is 0 Å². The van der Waals surface area contributed by atoms with Crippen LogP contribution in [-0.2, 0) is 16.4 Å². The van der Waals surface area contributed by atoms with Crippen molar-refractivity contribution in [2.75, 3.05) is 37.2 Å². The van der Waals surface area contributed by atoms with Crippen LogP contribution in [0.4, 0.5) is 5.69 Å². The minimum absolute atomic E-state index is 0. The third-order valence-corrected chi connectivity index (χ3v) is 7.59. The summed E-state index contributed by atoms with van der Waals surface area (Å²) in [5.74, 6) is 1.06. The van der Waals surface area contributed by atoms with Crippen molar-refractivity contribution in [1.82, 2.24) is 0 Å². The molecule has 10 heteroatoms. The zero-order valence-electron chi connectivity index (χ0n) is 24.7. The van der Waals surface area contributed by atoms with E-state index in [0.29, 0.717) is 78.4 Å². The fraction of sp³-hybridized carbons (Fsp3) is 0.516. The molecule has 3 aromatic rings. The number of hydrogen-bond acceptors (Lipinski definition) is 6. The lowest BCUT2D eigenvalue weighted by Crippen LogP contribution is -2.44. The molecule has 8 nitrogen and oxygen atoms in total. The molecule has 0 radical (unpaired) electrons. The molecule has 0 fully saturated rings. The Bertz CT molecular complexity index is 1350. The average Bonchev–Trinajstić information content (AvgIpc) is 3.28. The SMILES string of the molecule is CCCCc1oc2ccc(NS(C)(=O)=O)cc2c1C(=O)c1ccc(OCCC[N+]([O-])(CCCC)CCCC)cc1.Cl. The number of quaternary nitrogens is 1. The van der Waals surface area contributed by atoms with Gasteiger partial charge in [-0.05, 0) is 61.7 Å². The number of nitrogens with one attached hydrogen (secondary N) is 1. The zero-order valence-corrected chi connectivity index (χ0v) is 26.4. The predicted molar refractivity (Wildman–Crippen MR) is 169 cm³/mol. The summed E-state index contributed by atoms with van der Waals surface area (Å²) in [6.45, 7) is 8.58. The fourth-order valence-corrected chi connectivity index (χ4v) is 5.36. The Morgan fingerprint density at radius 3 is 2.12 bits per heavy atom. The molecule has 3 rings (SSSR count). The van der Waals surface area contributed by atoms with Crippen molar-refractivity contribution < 1.29 is 27.0 Å². The first-order chi connectivity index (χ1) is 19.1. The standard InChI is InChI=1S/C31H44N2O6S.ClH/c1-5-8-12-29-30(27-23-25(32-40(4,36)37)15-18-28(27)39-29)31(34)24-13-16-26(17-14-24)38-22-11-21-33(35,19-9-6-2)20-10-7-3;/h13-18,23,32H,5-12,19-22H2,1-4H3;1H. The molecular weight excluding hydrogens is 564 g/mol. The van der Waals surface area contributed by atoms with Gasteiger partial charge in [0.15, 0.2) is 5.78 Å². The lowest BCUT2D eigenvalue weighted by atomic mass is 9.98. The maximum absolute atomic E-state index is 13.7. The Hall–Kier alpha value is -2.59. The lowest BCUT2D eigenvalue weighted by molar-refractivity contribution is -0.881. The number of rotatable bonds is 18. The summed E-state index contributed by atoms with van der Waals surface area (Å²) in [5, 5.41) is 13.7. The van der Waals surface area contributed by atoms with E-state index < -0.39 is 10.0 Å². The summed E-state index contributed by atoms with van der Waals surface area (Å²) in [4.78, 5) is 13.7. The molecule has 0 atom stereocenters. The van der Waals surface area contributed by atoms with Gasteiger partial charge in [0.25, 0.3) is 0 Å². The average molecular weight is 609 g/mol. The molecule has 0 aliphatic rings. The Balaban J connectivity index is 0.00000588. The molecule has 0 unspecified atom stereocenters. The molecule has 0 saturated heterocycles. The van der Waals surface area contributed by atoms with Crippen LogP contribution in [0.5, 0.6) is 5.75 Å². The van der Waals surface area contributed by atoms with E-state index in [4.69, 9.17) is 9.15 Å². The summed E-state index contributed by atoms with van der Waals surface area (Å²) in [6.07, 6.45) is 8.08. The number of fused-ring (bicyclic) bond motifs is 1. The number of ether oxygens (including phenoxy) is 1. The van der Waals surface area contributed by atoms with E-state index >= 15 is 0 Å². The number of halogens is 1. The molecule has 0 aliphatic heterocycles. The van der Waals surface area contributed by atoms with Crippen LogP contribution in [-0.4, -0.2) is 51.3 Å². The van der Waals surface area contributed by atoms with E-state index in [1.807, 2.05) is 0 Å². The molecule has 0 spiro atoms. The minimum atomic E-state index is -3.47. The highest BCUT2D eigenvalue weighted by Gasteiger charge is 2.23. The van der Waals surface area contributed by atoms with Crippen molar-refractivity contribution in [2.24, 2.45) is 0 Å². The van der Waals surface area contributed by atoms with Gasteiger partial charge in [0.05, 0.1) is 38.1 Å². The van der Waals surface area contributed by atoms with Gasteiger partial charge in [-0.25, -0.2) is 8.42 Å². The molecule has 2 aromatic carbocycles. The monoisotopic (exact) mass is 608 g/mol. The second-order valence-corrected chi connectivity index (χ2v) is 12.3. The summed E-state index contributed by atoms with van der Waals surface area (Å²) in [7, 11) is -3.47. The van der Waals surface area contributed by atoms with Crippen LogP contribution in [0.3, 0.4) is 0 Å². The van der Waals surface area contributed by atoms with Crippen molar-refractivity contribution in [1.29, 1.82) is 0 Å². The van der Waals surface area contributed by atoms with Gasteiger partial charge in [0, 0.05) is 29.5 Å². The first-order valence-corrected chi connectivity index (χ1v) is 16.4. The maximum atomic E-state index is 13.7. The highest BCUT2D eigenvalue weighted by molar-refractivity contribution is 7.92. The van der Waals surface area contributed by atoms with E-state index in [1.54, 1.807) is 42.5 Å². The van der Waals surface area contributed by atoms with E-state index in [9.17, 15) is 18.4 Å². The minimum Gasteiger partial charge on any atom is -0.633 e. The Morgan fingerprint density at radius 1 is 0.927 bits per heavy atom. The van der Waals surface area contributed by atoms with E-state index in [-0.39, 0.29) is 22.8 Å². The molecule has 0 saturated carbocycles. The van der Waals surface area contributed by atoms with Gasteiger partial charge in [0.2, 0.25) is 10.0 Å². The molecule has 1 aromatic heterocycles. The highest BCUT2D eigenvalue weighted by Crippen LogP contribution is 2.32. The van der Waals surface area contributed by atoms with Crippen LogP contribution in [0.15, 0.2) is 46.9 Å². The Labute approximate surface area is 251 Å². The number of hydrogen-bond donors (Lipinski definition) is 1. The number of carbonyl (C=O) groups is 1. The Kier molecular flexibility index (Phi) is 13.6. The van der Waals surface area contributed by atoms with Crippen molar-refractivity contribution in [3.63, 3.8) is 0 Å². The molecule has 1 heterocycles. The quantitative estimate of drug-likeness (QED) is 0.0694. The number of nitrogens with zero attached hydrogens (tertiary/aromatic N) is 1. The second kappa shape index (κ2) is 16.2. The third-order valence-electron chi connectivity index (χ3n) is 6.98. The van der Waals surface area contributed by atoms with Crippen LogP contribution in [0.1, 0.15) is 87.4 Å². The van der Waals surface area contributed by atoms with Gasteiger partial charge in [0.1, 0.15) is 17.1 Å². The third kappa shape index (κ3) is 10.3. The topological polar surface area (TPSA) is 109 Å². The number of aryl methyl sites for hydroxylation is 1. The predicted octanol–water partition coefficient (Wildman–Crippen LogP) is 7.48. The lowest BCUT2D eigenvalue weighted by Gasteiger charge is -2.43. The number of benzene rings is 2. The number of carbonyl (C=O) groups excluding carboxylic acids is 1. The fourth-order valence-electron chi connectivity index (χ4n) is 4.81. The van der Waals surface area contributed by atoms with Gasteiger partial charge in [-0.2, -0.15) is 0 Å². The van der Waals surface area contributed by atoms with Gasteiger partial charge in [-0.1, -0.05) is 40.0 Å². The normalized spacial score (nSPS) is 11.8. The number of anilines is 1. The molecule has 0 amide bonds. The van der Waals surface area contributed by atoms with E-state index in [0.717, 1.165) is 44.8 Å². The summed E-state index contributed by atoms with van der Waals surface area (Å²) in [6, 6.07) is 12.0.